The number of amides is 1. The van der Waals surface area contributed by atoms with Crippen molar-refractivity contribution in [2.75, 3.05) is 11.1 Å². The molecule has 2 rings (SSSR count). The molecule has 0 saturated carbocycles. The number of hydrogen-bond donors (Lipinski definition) is 2. The molecule has 20 heavy (non-hydrogen) atoms. The summed E-state index contributed by atoms with van der Waals surface area (Å²) in [6.45, 7) is 1.77. The molecule has 2 aromatic rings. The van der Waals surface area contributed by atoms with Gasteiger partial charge < -0.3 is 11.1 Å². The van der Waals surface area contributed by atoms with E-state index in [0.29, 0.717) is 10.6 Å². The summed E-state index contributed by atoms with van der Waals surface area (Å²) in [5.41, 5.74) is 6.67. The highest BCUT2D eigenvalue weighted by atomic mass is 32.2. The van der Waals surface area contributed by atoms with Gasteiger partial charge in [0.05, 0.1) is 5.25 Å². The number of para-hydroxylation sites is 1. The van der Waals surface area contributed by atoms with Crippen LogP contribution in [0.4, 0.5) is 15.8 Å². The fourth-order valence-corrected chi connectivity index (χ4v) is 2.63. The highest BCUT2D eigenvalue weighted by molar-refractivity contribution is 8.00. The van der Waals surface area contributed by atoms with Crippen molar-refractivity contribution in [3.63, 3.8) is 0 Å². The van der Waals surface area contributed by atoms with Gasteiger partial charge in [-0.15, -0.1) is 11.8 Å². The van der Waals surface area contributed by atoms with E-state index in [9.17, 15) is 9.18 Å². The SMILES string of the molecule is CC(Sc1cc(N)cc(F)c1)C(=O)Nc1ccccc1. The molecule has 0 fully saturated rings. The van der Waals surface area contributed by atoms with Gasteiger partial charge in [-0.3, -0.25) is 4.79 Å². The van der Waals surface area contributed by atoms with Crippen molar-refractivity contribution in [2.24, 2.45) is 0 Å². The van der Waals surface area contributed by atoms with Gasteiger partial charge >= 0.3 is 0 Å². The number of halogens is 1. The molecule has 0 aliphatic rings. The lowest BCUT2D eigenvalue weighted by Crippen LogP contribution is -2.22. The first-order valence-corrected chi connectivity index (χ1v) is 7.01. The van der Waals surface area contributed by atoms with E-state index in [1.807, 2.05) is 30.3 Å². The van der Waals surface area contributed by atoms with Crippen LogP contribution in [0.5, 0.6) is 0 Å². The first-order valence-electron chi connectivity index (χ1n) is 6.13. The van der Waals surface area contributed by atoms with Gasteiger partial charge in [0.15, 0.2) is 0 Å². The van der Waals surface area contributed by atoms with Crippen LogP contribution in [0.15, 0.2) is 53.4 Å². The third-order valence-electron chi connectivity index (χ3n) is 2.62. The average Bonchev–Trinajstić information content (AvgIpc) is 2.38. The molecule has 0 aliphatic heterocycles. The second-order valence-electron chi connectivity index (χ2n) is 4.34. The normalized spacial score (nSPS) is 11.9. The minimum absolute atomic E-state index is 0.135. The molecule has 1 unspecified atom stereocenters. The highest BCUT2D eigenvalue weighted by Crippen LogP contribution is 2.26. The summed E-state index contributed by atoms with van der Waals surface area (Å²) in [6.07, 6.45) is 0. The Labute approximate surface area is 121 Å². The third kappa shape index (κ3) is 3.99. The Hall–Kier alpha value is -2.01. The van der Waals surface area contributed by atoms with E-state index < -0.39 is 5.82 Å². The zero-order chi connectivity index (χ0) is 14.5. The minimum Gasteiger partial charge on any atom is -0.399 e. The first kappa shape index (κ1) is 14.4. The van der Waals surface area contributed by atoms with Crippen molar-refractivity contribution in [3.8, 4) is 0 Å². The fraction of sp³-hybridized carbons (Fsp3) is 0.133. The standard InChI is InChI=1S/C15H15FN2OS/c1-10(15(19)18-13-5-3-2-4-6-13)20-14-8-11(16)7-12(17)9-14/h2-10H,17H2,1H3,(H,18,19). The molecule has 1 atom stereocenters. The van der Waals surface area contributed by atoms with Crippen LogP contribution in [0.1, 0.15) is 6.92 Å². The van der Waals surface area contributed by atoms with Crippen molar-refractivity contribution in [3.05, 3.63) is 54.3 Å². The molecule has 0 saturated heterocycles. The zero-order valence-corrected chi connectivity index (χ0v) is 11.8. The van der Waals surface area contributed by atoms with Gasteiger partial charge in [-0.1, -0.05) is 18.2 Å². The van der Waals surface area contributed by atoms with Gasteiger partial charge in [0.25, 0.3) is 0 Å². The number of hydrogen-bond acceptors (Lipinski definition) is 3. The van der Waals surface area contributed by atoms with Gasteiger partial charge in [-0.2, -0.15) is 0 Å². The Morgan fingerprint density at radius 3 is 2.60 bits per heavy atom. The number of anilines is 2. The summed E-state index contributed by atoms with van der Waals surface area (Å²) >= 11 is 1.27. The molecule has 0 spiro atoms. The highest BCUT2D eigenvalue weighted by Gasteiger charge is 2.15. The lowest BCUT2D eigenvalue weighted by molar-refractivity contribution is -0.115. The van der Waals surface area contributed by atoms with Crippen LogP contribution in [0, 0.1) is 5.82 Å². The summed E-state index contributed by atoms with van der Waals surface area (Å²) in [5, 5.41) is 2.46. The third-order valence-corrected chi connectivity index (χ3v) is 3.69. The van der Waals surface area contributed by atoms with Crippen LogP contribution in [0.25, 0.3) is 0 Å². The monoisotopic (exact) mass is 290 g/mol. The molecule has 3 N–H and O–H groups in total. The number of nitrogens with two attached hydrogens (primary N) is 1. The van der Waals surface area contributed by atoms with E-state index in [-0.39, 0.29) is 11.2 Å². The van der Waals surface area contributed by atoms with E-state index in [4.69, 9.17) is 5.73 Å². The summed E-state index contributed by atoms with van der Waals surface area (Å²) in [6, 6.07) is 13.5. The zero-order valence-electron chi connectivity index (χ0n) is 11.0. The number of nitrogens with one attached hydrogen (secondary N) is 1. The Bertz CT molecular complexity index is 584. The van der Waals surface area contributed by atoms with Crippen molar-refractivity contribution >= 4 is 29.0 Å². The number of benzene rings is 2. The molecule has 3 nitrogen and oxygen atoms in total. The van der Waals surface area contributed by atoms with E-state index in [2.05, 4.69) is 5.32 Å². The minimum atomic E-state index is -0.400. The number of thioether (sulfide) groups is 1. The molecule has 0 radical (unpaired) electrons. The fourth-order valence-electron chi connectivity index (χ4n) is 1.68. The van der Waals surface area contributed by atoms with Crippen LogP contribution in [0.2, 0.25) is 0 Å². The van der Waals surface area contributed by atoms with Crippen molar-refractivity contribution < 1.29 is 9.18 Å². The van der Waals surface area contributed by atoms with E-state index in [1.54, 1.807) is 13.0 Å². The van der Waals surface area contributed by atoms with E-state index in [1.165, 1.54) is 23.9 Å². The maximum atomic E-state index is 13.2. The predicted octanol–water partition coefficient (Wildman–Crippen LogP) is 3.53. The van der Waals surface area contributed by atoms with Crippen molar-refractivity contribution in [2.45, 2.75) is 17.1 Å². The first-order chi connectivity index (χ1) is 9.54. The topological polar surface area (TPSA) is 55.1 Å². The van der Waals surface area contributed by atoms with Crippen molar-refractivity contribution in [1.82, 2.24) is 0 Å². The number of carbonyl (C=O) groups is 1. The molecule has 5 heteroatoms. The Kier molecular flexibility index (Phi) is 4.63. The smallest absolute Gasteiger partial charge is 0.237 e. The Balaban J connectivity index is 2.00. The molecule has 0 aromatic heterocycles. The predicted molar refractivity (Wildman–Crippen MR) is 81.2 cm³/mol. The maximum Gasteiger partial charge on any atom is 0.237 e. The number of carbonyl (C=O) groups excluding carboxylic acids is 1. The van der Waals surface area contributed by atoms with Gasteiger partial charge in [-0.25, -0.2) is 4.39 Å². The van der Waals surface area contributed by atoms with E-state index in [0.717, 1.165) is 5.69 Å². The van der Waals surface area contributed by atoms with Gasteiger partial charge in [0.1, 0.15) is 5.82 Å². The summed E-state index contributed by atoms with van der Waals surface area (Å²) in [5.74, 6) is -0.535. The van der Waals surface area contributed by atoms with Crippen LogP contribution in [-0.2, 0) is 4.79 Å². The van der Waals surface area contributed by atoms with Gasteiger partial charge in [0.2, 0.25) is 5.91 Å². The summed E-state index contributed by atoms with van der Waals surface area (Å²) < 4.78 is 13.2. The Morgan fingerprint density at radius 1 is 1.25 bits per heavy atom. The lowest BCUT2D eigenvalue weighted by atomic mass is 10.3. The number of nitrogen functional groups attached to an aromatic ring is 1. The second kappa shape index (κ2) is 6.43. The largest absolute Gasteiger partial charge is 0.399 e. The molecule has 2 aromatic carbocycles. The quantitative estimate of drug-likeness (QED) is 0.669. The molecule has 0 bridgehead atoms. The molecule has 1 amide bonds. The van der Waals surface area contributed by atoms with Crippen LogP contribution in [0.3, 0.4) is 0 Å². The maximum absolute atomic E-state index is 13.2. The Morgan fingerprint density at radius 2 is 1.95 bits per heavy atom. The molecule has 0 heterocycles. The van der Waals surface area contributed by atoms with Crippen LogP contribution < -0.4 is 11.1 Å². The molecule has 0 aliphatic carbocycles. The van der Waals surface area contributed by atoms with E-state index >= 15 is 0 Å². The second-order valence-corrected chi connectivity index (χ2v) is 5.75. The lowest BCUT2D eigenvalue weighted by Gasteiger charge is -2.12. The van der Waals surface area contributed by atoms with Gasteiger partial charge in [0, 0.05) is 16.3 Å². The molecular formula is C15H15FN2OS. The molecular weight excluding hydrogens is 275 g/mol. The number of rotatable bonds is 4. The van der Waals surface area contributed by atoms with Crippen molar-refractivity contribution in [1.29, 1.82) is 0 Å². The average molecular weight is 290 g/mol. The van der Waals surface area contributed by atoms with Crippen LogP contribution in [-0.4, -0.2) is 11.2 Å². The molecule has 104 valence electrons. The summed E-state index contributed by atoms with van der Waals surface area (Å²) in [4.78, 5) is 12.7. The van der Waals surface area contributed by atoms with Gasteiger partial charge in [-0.05, 0) is 37.3 Å². The van der Waals surface area contributed by atoms with Crippen LogP contribution >= 0.6 is 11.8 Å². The summed E-state index contributed by atoms with van der Waals surface area (Å²) in [7, 11) is 0.